The van der Waals surface area contributed by atoms with E-state index in [4.69, 9.17) is 0 Å². The first-order chi connectivity index (χ1) is 18.0. The second-order valence-electron chi connectivity index (χ2n) is 11.1. The van der Waals surface area contributed by atoms with Crippen LogP contribution in [0.3, 0.4) is 0 Å². The summed E-state index contributed by atoms with van der Waals surface area (Å²) >= 11 is 1.53. The quantitative estimate of drug-likeness (QED) is 0.292. The van der Waals surface area contributed by atoms with Gasteiger partial charge in [-0.2, -0.15) is 0 Å². The molecule has 0 saturated carbocycles. The predicted octanol–water partition coefficient (Wildman–Crippen LogP) is 5.94. The summed E-state index contributed by atoms with van der Waals surface area (Å²) in [6, 6.07) is 8.78. The Morgan fingerprint density at radius 2 is 1.50 bits per heavy atom. The average Bonchev–Trinajstić information content (AvgIpc) is 3.39. The van der Waals surface area contributed by atoms with E-state index in [0.717, 1.165) is 10.6 Å². The van der Waals surface area contributed by atoms with Gasteiger partial charge in [0.25, 0.3) is 0 Å². The number of hydrogen-bond donors (Lipinski definition) is 2. The SMILES string of the molecule is CC(C)=CCN(CC=C(C)C)[C@@H](Cc1ccccc1)C(=O)NC(C(=O)NC(c1nccs1)C(C)C)C(C)C. The van der Waals surface area contributed by atoms with Crippen LogP contribution in [-0.4, -0.2) is 46.9 Å². The zero-order valence-corrected chi connectivity index (χ0v) is 25.1. The van der Waals surface area contributed by atoms with Crippen LogP contribution in [0.15, 0.2) is 65.2 Å². The molecule has 2 rings (SSSR count). The maximum Gasteiger partial charge on any atom is 0.243 e. The van der Waals surface area contributed by atoms with E-state index in [1.165, 1.54) is 22.5 Å². The van der Waals surface area contributed by atoms with Crippen molar-refractivity contribution in [3.05, 3.63) is 75.8 Å². The van der Waals surface area contributed by atoms with Crippen LogP contribution >= 0.6 is 11.3 Å². The smallest absolute Gasteiger partial charge is 0.243 e. The molecular weight excluding hydrogens is 492 g/mol. The van der Waals surface area contributed by atoms with Crippen molar-refractivity contribution in [1.29, 1.82) is 0 Å². The Hall–Kier alpha value is -2.77. The van der Waals surface area contributed by atoms with Gasteiger partial charge in [0.1, 0.15) is 11.0 Å². The first kappa shape index (κ1) is 31.4. The zero-order chi connectivity index (χ0) is 28.2. The second kappa shape index (κ2) is 15.6. The summed E-state index contributed by atoms with van der Waals surface area (Å²) in [5.41, 5.74) is 3.49. The van der Waals surface area contributed by atoms with Gasteiger partial charge in [-0.3, -0.25) is 14.5 Å². The number of amides is 2. The van der Waals surface area contributed by atoms with Crippen LogP contribution in [0.4, 0.5) is 0 Å². The van der Waals surface area contributed by atoms with E-state index in [1.54, 1.807) is 6.20 Å². The largest absolute Gasteiger partial charge is 0.345 e. The number of carbonyl (C=O) groups excluding carboxylic acids is 2. The summed E-state index contributed by atoms with van der Waals surface area (Å²) in [6.07, 6.45) is 6.61. The monoisotopic (exact) mass is 538 g/mol. The van der Waals surface area contributed by atoms with Gasteiger partial charge in [-0.15, -0.1) is 11.3 Å². The normalized spacial score (nSPS) is 13.7. The number of hydrogen-bond acceptors (Lipinski definition) is 5. The van der Waals surface area contributed by atoms with E-state index in [1.807, 2.05) is 49.6 Å². The third-order valence-electron chi connectivity index (χ3n) is 6.41. The Bertz CT molecular complexity index is 1030. The van der Waals surface area contributed by atoms with Crippen molar-refractivity contribution in [2.75, 3.05) is 13.1 Å². The number of carbonyl (C=O) groups is 2. The number of aromatic nitrogens is 1. The van der Waals surface area contributed by atoms with Crippen molar-refractivity contribution in [3.63, 3.8) is 0 Å². The molecule has 1 aromatic carbocycles. The minimum atomic E-state index is -0.657. The van der Waals surface area contributed by atoms with Gasteiger partial charge in [-0.25, -0.2) is 4.98 Å². The van der Waals surface area contributed by atoms with Crippen LogP contribution in [-0.2, 0) is 16.0 Å². The standard InChI is InChI=1S/C31H46N4O2S/c1-21(2)14-17-35(18-15-22(3)4)26(20-25-12-10-9-11-13-25)29(36)33-27(23(5)6)30(37)34-28(24(7)8)31-32-16-19-38-31/h9-16,19,23-24,26-28H,17-18,20H2,1-8H3,(H,33,36)(H,34,37)/t26-,27?,28?/m0/s1. The first-order valence-corrected chi connectivity index (χ1v) is 14.4. The summed E-state index contributed by atoms with van der Waals surface area (Å²) in [5.74, 6) is -0.226. The molecule has 2 unspecified atom stereocenters. The number of benzene rings is 1. The maximum absolute atomic E-state index is 14.0. The van der Waals surface area contributed by atoms with Crippen molar-refractivity contribution in [2.24, 2.45) is 11.8 Å². The van der Waals surface area contributed by atoms with Crippen LogP contribution in [0.25, 0.3) is 0 Å². The molecule has 2 N–H and O–H groups in total. The number of allylic oxidation sites excluding steroid dienone is 2. The van der Waals surface area contributed by atoms with E-state index in [2.05, 4.69) is 74.2 Å². The molecule has 6 nitrogen and oxygen atoms in total. The molecular formula is C31H46N4O2S. The summed E-state index contributed by atoms with van der Waals surface area (Å²) in [6.45, 7) is 17.6. The molecule has 0 aliphatic carbocycles. The third-order valence-corrected chi connectivity index (χ3v) is 7.27. The van der Waals surface area contributed by atoms with Gasteiger partial charge in [-0.05, 0) is 51.5 Å². The summed E-state index contributed by atoms with van der Waals surface area (Å²) in [4.78, 5) is 34.1. The van der Waals surface area contributed by atoms with E-state index in [-0.39, 0.29) is 29.7 Å². The van der Waals surface area contributed by atoms with E-state index in [9.17, 15) is 9.59 Å². The molecule has 208 valence electrons. The van der Waals surface area contributed by atoms with E-state index < -0.39 is 12.1 Å². The molecule has 1 aromatic heterocycles. The van der Waals surface area contributed by atoms with Gasteiger partial charge in [0, 0.05) is 24.7 Å². The molecule has 2 amide bonds. The highest BCUT2D eigenvalue weighted by Gasteiger charge is 2.32. The second-order valence-corrected chi connectivity index (χ2v) is 12.0. The van der Waals surface area contributed by atoms with Crippen molar-refractivity contribution in [3.8, 4) is 0 Å². The van der Waals surface area contributed by atoms with Crippen LogP contribution in [0.5, 0.6) is 0 Å². The molecule has 0 aliphatic rings. The van der Waals surface area contributed by atoms with Crippen molar-refractivity contribution >= 4 is 23.2 Å². The number of nitrogens with zero attached hydrogens (tertiary/aromatic N) is 2. The van der Waals surface area contributed by atoms with Crippen molar-refractivity contribution < 1.29 is 9.59 Å². The molecule has 3 atom stereocenters. The molecule has 0 saturated heterocycles. The Kier molecular flexibility index (Phi) is 12.9. The lowest BCUT2D eigenvalue weighted by molar-refractivity contribution is -0.133. The van der Waals surface area contributed by atoms with Gasteiger partial charge in [0.15, 0.2) is 0 Å². The Morgan fingerprint density at radius 1 is 0.895 bits per heavy atom. The van der Waals surface area contributed by atoms with Crippen LogP contribution < -0.4 is 10.6 Å². The van der Waals surface area contributed by atoms with E-state index in [0.29, 0.717) is 19.5 Å². The predicted molar refractivity (Wildman–Crippen MR) is 159 cm³/mol. The van der Waals surface area contributed by atoms with Gasteiger partial charge in [0.2, 0.25) is 11.8 Å². The summed E-state index contributed by atoms with van der Waals surface area (Å²) < 4.78 is 0. The molecule has 2 aromatic rings. The van der Waals surface area contributed by atoms with Crippen LogP contribution in [0.2, 0.25) is 0 Å². The highest BCUT2D eigenvalue weighted by atomic mass is 32.1. The Balaban J connectivity index is 2.34. The first-order valence-electron chi connectivity index (χ1n) is 13.5. The Morgan fingerprint density at radius 3 is 1.97 bits per heavy atom. The third kappa shape index (κ3) is 10.2. The summed E-state index contributed by atoms with van der Waals surface area (Å²) in [7, 11) is 0. The average molecular weight is 539 g/mol. The lowest BCUT2D eigenvalue weighted by Gasteiger charge is -2.32. The molecule has 0 fully saturated rings. The lowest BCUT2D eigenvalue weighted by Crippen LogP contribution is -2.56. The Labute approximate surface area is 233 Å². The molecule has 0 spiro atoms. The topological polar surface area (TPSA) is 74.3 Å². The molecule has 7 heteroatoms. The molecule has 38 heavy (non-hydrogen) atoms. The number of thiazole rings is 1. The van der Waals surface area contributed by atoms with Crippen molar-refractivity contribution in [2.45, 2.75) is 79.9 Å². The zero-order valence-electron chi connectivity index (χ0n) is 24.3. The molecule has 0 radical (unpaired) electrons. The van der Waals surface area contributed by atoms with Gasteiger partial charge >= 0.3 is 0 Å². The fourth-order valence-electron chi connectivity index (χ4n) is 4.08. The molecule has 1 heterocycles. The minimum Gasteiger partial charge on any atom is -0.345 e. The van der Waals surface area contributed by atoms with Crippen LogP contribution in [0.1, 0.15) is 72.0 Å². The number of nitrogens with one attached hydrogen (secondary N) is 2. The number of rotatable bonds is 14. The van der Waals surface area contributed by atoms with Crippen LogP contribution in [0, 0.1) is 11.8 Å². The lowest BCUT2D eigenvalue weighted by atomic mass is 9.98. The van der Waals surface area contributed by atoms with Crippen molar-refractivity contribution in [1.82, 2.24) is 20.5 Å². The van der Waals surface area contributed by atoms with Gasteiger partial charge in [0.05, 0.1) is 12.1 Å². The highest BCUT2D eigenvalue weighted by molar-refractivity contribution is 7.09. The molecule has 0 bridgehead atoms. The van der Waals surface area contributed by atoms with Gasteiger partial charge < -0.3 is 10.6 Å². The summed E-state index contributed by atoms with van der Waals surface area (Å²) in [5, 5.41) is 9.09. The fourth-order valence-corrected chi connectivity index (χ4v) is 4.94. The fraction of sp³-hybridized carbons (Fsp3) is 0.516. The minimum absolute atomic E-state index is 0.0792. The molecule has 0 aliphatic heterocycles. The van der Waals surface area contributed by atoms with E-state index >= 15 is 0 Å². The maximum atomic E-state index is 14.0. The van der Waals surface area contributed by atoms with Gasteiger partial charge in [-0.1, -0.05) is 81.3 Å². The highest BCUT2D eigenvalue weighted by Crippen LogP contribution is 2.24.